The third kappa shape index (κ3) is 3.00. The first kappa shape index (κ1) is 12.4. The van der Waals surface area contributed by atoms with Crippen molar-refractivity contribution in [2.45, 2.75) is 20.0 Å². The highest BCUT2D eigenvalue weighted by Gasteiger charge is 2.08. The SMILES string of the molecule is CC(C)OC(=O)COc1cccc2ccccc12. The Morgan fingerprint density at radius 2 is 1.83 bits per heavy atom. The number of benzene rings is 2. The van der Waals surface area contributed by atoms with E-state index in [4.69, 9.17) is 9.47 Å². The molecule has 0 atom stereocenters. The minimum Gasteiger partial charge on any atom is -0.481 e. The number of carbonyl (C=O) groups is 1. The average Bonchev–Trinajstić information content (AvgIpc) is 2.35. The van der Waals surface area contributed by atoms with Crippen molar-refractivity contribution in [2.24, 2.45) is 0 Å². The molecule has 3 heteroatoms. The molecule has 0 spiro atoms. The summed E-state index contributed by atoms with van der Waals surface area (Å²) in [6.45, 7) is 3.57. The molecule has 0 heterocycles. The van der Waals surface area contributed by atoms with Crippen LogP contribution in [0.4, 0.5) is 0 Å². The quantitative estimate of drug-likeness (QED) is 0.775. The van der Waals surface area contributed by atoms with Crippen molar-refractivity contribution in [1.82, 2.24) is 0 Å². The van der Waals surface area contributed by atoms with Crippen molar-refractivity contribution >= 4 is 16.7 Å². The summed E-state index contributed by atoms with van der Waals surface area (Å²) in [5.41, 5.74) is 0. The average molecular weight is 244 g/mol. The predicted molar refractivity (Wildman–Crippen MR) is 70.7 cm³/mol. The molecule has 2 aromatic rings. The van der Waals surface area contributed by atoms with Crippen molar-refractivity contribution in [3.05, 3.63) is 42.5 Å². The summed E-state index contributed by atoms with van der Waals surface area (Å²) < 4.78 is 10.5. The maximum Gasteiger partial charge on any atom is 0.344 e. The molecule has 0 radical (unpaired) electrons. The Morgan fingerprint density at radius 1 is 1.11 bits per heavy atom. The molecule has 2 aromatic carbocycles. The number of ether oxygens (including phenoxy) is 2. The standard InChI is InChI=1S/C15H16O3/c1-11(2)18-15(16)10-17-14-9-5-7-12-6-3-4-8-13(12)14/h3-9,11H,10H2,1-2H3. The Balaban J connectivity index is 2.10. The fourth-order valence-electron chi connectivity index (χ4n) is 1.76. The van der Waals surface area contributed by atoms with Crippen molar-refractivity contribution in [3.8, 4) is 5.75 Å². The number of carbonyl (C=O) groups excluding carboxylic acids is 1. The van der Waals surface area contributed by atoms with Crippen LogP contribution in [0.3, 0.4) is 0 Å². The van der Waals surface area contributed by atoms with Crippen LogP contribution in [-0.4, -0.2) is 18.7 Å². The fourth-order valence-corrected chi connectivity index (χ4v) is 1.76. The zero-order valence-corrected chi connectivity index (χ0v) is 10.6. The smallest absolute Gasteiger partial charge is 0.344 e. The lowest BCUT2D eigenvalue weighted by molar-refractivity contribution is -0.149. The van der Waals surface area contributed by atoms with Crippen LogP contribution >= 0.6 is 0 Å². The summed E-state index contributed by atoms with van der Waals surface area (Å²) in [7, 11) is 0. The second-order valence-electron chi connectivity index (χ2n) is 4.30. The van der Waals surface area contributed by atoms with Crippen LogP contribution in [0.1, 0.15) is 13.8 Å². The molecule has 0 unspecified atom stereocenters. The van der Waals surface area contributed by atoms with E-state index in [1.54, 1.807) is 0 Å². The van der Waals surface area contributed by atoms with Gasteiger partial charge in [-0.05, 0) is 25.3 Å². The Kier molecular flexibility index (Phi) is 3.82. The lowest BCUT2D eigenvalue weighted by Gasteiger charge is -2.10. The molecule has 18 heavy (non-hydrogen) atoms. The van der Waals surface area contributed by atoms with Crippen LogP contribution in [-0.2, 0) is 9.53 Å². The summed E-state index contributed by atoms with van der Waals surface area (Å²) in [5, 5.41) is 2.09. The number of hydrogen-bond donors (Lipinski definition) is 0. The Morgan fingerprint density at radius 3 is 2.61 bits per heavy atom. The molecule has 94 valence electrons. The maximum absolute atomic E-state index is 11.4. The highest BCUT2D eigenvalue weighted by molar-refractivity contribution is 5.88. The highest BCUT2D eigenvalue weighted by Crippen LogP contribution is 2.24. The van der Waals surface area contributed by atoms with Gasteiger partial charge in [0, 0.05) is 5.39 Å². The van der Waals surface area contributed by atoms with Crippen LogP contribution in [0.5, 0.6) is 5.75 Å². The van der Waals surface area contributed by atoms with Crippen molar-refractivity contribution < 1.29 is 14.3 Å². The van der Waals surface area contributed by atoms with Crippen LogP contribution in [0, 0.1) is 0 Å². The summed E-state index contributed by atoms with van der Waals surface area (Å²) in [4.78, 5) is 11.4. The predicted octanol–water partition coefficient (Wildman–Crippen LogP) is 3.17. The van der Waals surface area contributed by atoms with Gasteiger partial charge in [-0.15, -0.1) is 0 Å². The van der Waals surface area contributed by atoms with E-state index >= 15 is 0 Å². The Labute approximate surface area is 106 Å². The molecule has 0 saturated heterocycles. The maximum atomic E-state index is 11.4. The van der Waals surface area contributed by atoms with E-state index < -0.39 is 0 Å². The van der Waals surface area contributed by atoms with Gasteiger partial charge < -0.3 is 9.47 Å². The van der Waals surface area contributed by atoms with E-state index in [-0.39, 0.29) is 18.7 Å². The van der Waals surface area contributed by atoms with Gasteiger partial charge in [-0.25, -0.2) is 4.79 Å². The van der Waals surface area contributed by atoms with E-state index in [0.29, 0.717) is 5.75 Å². The third-order valence-electron chi connectivity index (χ3n) is 2.46. The summed E-state index contributed by atoms with van der Waals surface area (Å²) in [5.74, 6) is 0.353. The normalized spacial score (nSPS) is 10.6. The molecule has 0 saturated carbocycles. The molecule has 0 aliphatic rings. The van der Waals surface area contributed by atoms with Gasteiger partial charge in [0.15, 0.2) is 6.61 Å². The molecular weight excluding hydrogens is 228 g/mol. The first-order chi connectivity index (χ1) is 8.66. The second-order valence-corrected chi connectivity index (χ2v) is 4.30. The van der Waals surface area contributed by atoms with Crippen LogP contribution < -0.4 is 4.74 Å². The number of rotatable bonds is 4. The van der Waals surface area contributed by atoms with Gasteiger partial charge in [0.05, 0.1) is 6.10 Å². The summed E-state index contributed by atoms with van der Waals surface area (Å²) in [6, 6.07) is 13.7. The van der Waals surface area contributed by atoms with E-state index in [1.807, 2.05) is 56.3 Å². The van der Waals surface area contributed by atoms with E-state index in [1.165, 1.54) is 0 Å². The van der Waals surface area contributed by atoms with Crippen LogP contribution in [0.15, 0.2) is 42.5 Å². The van der Waals surface area contributed by atoms with Gasteiger partial charge in [0.25, 0.3) is 0 Å². The largest absolute Gasteiger partial charge is 0.481 e. The van der Waals surface area contributed by atoms with Gasteiger partial charge in [-0.2, -0.15) is 0 Å². The first-order valence-corrected chi connectivity index (χ1v) is 5.97. The van der Waals surface area contributed by atoms with Crippen molar-refractivity contribution in [1.29, 1.82) is 0 Å². The summed E-state index contributed by atoms with van der Waals surface area (Å²) in [6.07, 6.45) is -0.117. The van der Waals surface area contributed by atoms with Gasteiger partial charge in [-0.1, -0.05) is 36.4 Å². The van der Waals surface area contributed by atoms with Crippen LogP contribution in [0.2, 0.25) is 0 Å². The molecule has 3 nitrogen and oxygen atoms in total. The number of esters is 1. The number of hydrogen-bond acceptors (Lipinski definition) is 3. The zero-order chi connectivity index (χ0) is 13.0. The van der Waals surface area contributed by atoms with Gasteiger partial charge in [-0.3, -0.25) is 0 Å². The fraction of sp³-hybridized carbons (Fsp3) is 0.267. The molecule has 0 N–H and O–H groups in total. The Hall–Kier alpha value is -2.03. The molecule has 0 bridgehead atoms. The van der Waals surface area contributed by atoms with Gasteiger partial charge in [0.2, 0.25) is 0 Å². The Bertz CT molecular complexity index is 541. The van der Waals surface area contributed by atoms with E-state index in [0.717, 1.165) is 10.8 Å². The van der Waals surface area contributed by atoms with Gasteiger partial charge >= 0.3 is 5.97 Å². The molecule has 0 amide bonds. The molecule has 0 fully saturated rings. The third-order valence-corrected chi connectivity index (χ3v) is 2.46. The van der Waals surface area contributed by atoms with E-state index in [2.05, 4.69) is 0 Å². The minimum atomic E-state index is -0.349. The van der Waals surface area contributed by atoms with Crippen molar-refractivity contribution in [3.63, 3.8) is 0 Å². The highest BCUT2D eigenvalue weighted by atomic mass is 16.6. The van der Waals surface area contributed by atoms with E-state index in [9.17, 15) is 4.79 Å². The minimum absolute atomic E-state index is 0.0633. The number of fused-ring (bicyclic) bond motifs is 1. The molecule has 2 rings (SSSR count). The summed E-state index contributed by atoms with van der Waals surface area (Å²) >= 11 is 0. The van der Waals surface area contributed by atoms with Crippen LogP contribution in [0.25, 0.3) is 10.8 Å². The zero-order valence-electron chi connectivity index (χ0n) is 10.6. The molecule has 0 aliphatic heterocycles. The lowest BCUT2D eigenvalue weighted by Crippen LogP contribution is -2.18. The molecular formula is C15H16O3. The molecule has 0 aliphatic carbocycles. The second kappa shape index (κ2) is 5.54. The van der Waals surface area contributed by atoms with Gasteiger partial charge in [0.1, 0.15) is 5.75 Å². The monoisotopic (exact) mass is 244 g/mol. The molecule has 0 aromatic heterocycles. The lowest BCUT2D eigenvalue weighted by atomic mass is 10.1. The van der Waals surface area contributed by atoms with Crippen molar-refractivity contribution in [2.75, 3.05) is 6.61 Å². The first-order valence-electron chi connectivity index (χ1n) is 5.97. The topological polar surface area (TPSA) is 35.5 Å².